The van der Waals surface area contributed by atoms with E-state index < -0.39 is 5.97 Å². The van der Waals surface area contributed by atoms with E-state index >= 15 is 0 Å². The summed E-state index contributed by atoms with van der Waals surface area (Å²) in [4.78, 5) is 22.1. The zero-order chi connectivity index (χ0) is 13.4. The molecule has 0 aliphatic rings. The summed E-state index contributed by atoms with van der Waals surface area (Å²) in [7, 11) is 0. The van der Waals surface area contributed by atoms with Crippen molar-refractivity contribution >= 4 is 11.9 Å². The molecule has 0 radical (unpaired) electrons. The van der Waals surface area contributed by atoms with Gasteiger partial charge in [0.2, 0.25) is 0 Å². The van der Waals surface area contributed by atoms with Crippen molar-refractivity contribution in [1.82, 2.24) is 5.32 Å². The summed E-state index contributed by atoms with van der Waals surface area (Å²) >= 11 is 0. The number of carbonyl (C=O) groups is 2. The van der Waals surface area contributed by atoms with Crippen LogP contribution in [0.25, 0.3) is 0 Å². The molecule has 0 fully saturated rings. The Hall–Kier alpha value is -1.84. The minimum Gasteiger partial charge on any atom is -0.481 e. The molecule has 0 aromatic heterocycles. The Labute approximate surface area is 107 Å². The number of carbonyl (C=O) groups excluding carboxylic acids is 1. The smallest absolute Gasteiger partial charge is 0.303 e. The summed E-state index contributed by atoms with van der Waals surface area (Å²) in [5, 5.41) is 11.4. The molecule has 0 bridgehead atoms. The van der Waals surface area contributed by atoms with E-state index in [0.717, 1.165) is 12.8 Å². The number of unbranched alkanes of at least 4 members (excludes halogenated alkanes) is 1. The maximum Gasteiger partial charge on any atom is 0.303 e. The lowest BCUT2D eigenvalue weighted by atomic mass is 10.1. The van der Waals surface area contributed by atoms with Gasteiger partial charge in [0.05, 0.1) is 0 Å². The van der Waals surface area contributed by atoms with E-state index in [2.05, 4.69) is 5.32 Å². The van der Waals surface area contributed by atoms with Crippen LogP contribution in [0.1, 0.15) is 43.0 Å². The van der Waals surface area contributed by atoms with Gasteiger partial charge in [0.25, 0.3) is 5.91 Å². The van der Waals surface area contributed by atoms with Gasteiger partial charge in [-0.05, 0) is 31.9 Å². The minimum absolute atomic E-state index is 0.0616. The summed E-state index contributed by atoms with van der Waals surface area (Å²) in [6.45, 7) is 1.93. The molecule has 0 saturated carbocycles. The molecule has 18 heavy (non-hydrogen) atoms. The molecule has 98 valence electrons. The van der Waals surface area contributed by atoms with Crippen LogP contribution in [0.4, 0.5) is 0 Å². The number of benzene rings is 1. The van der Waals surface area contributed by atoms with Crippen LogP contribution in [-0.2, 0) is 4.79 Å². The van der Waals surface area contributed by atoms with Crippen LogP contribution in [-0.4, -0.2) is 23.0 Å². The highest BCUT2D eigenvalue weighted by molar-refractivity contribution is 5.94. The quantitative estimate of drug-likeness (QED) is 0.729. The number of hydrogen-bond donors (Lipinski definition) is 2. The number of rotatable bonds is 7. The fraction of sp³-hybridized carbons (Fsp3) is 0.429. The molecule has 0 aliphatic heterocycles. The molecular weight excluding hydrogens is 230 g/mol. The lowest BCUT2D eigenvalue weighted by Crippen LogP contribution is -2.32. The molecule has 1 rings (SSSR count). The average Bonchev–Trinajstić information content (AvgIpc) is 2.35. The van der Waals surface area contributed by atoms with E-state index in [1.165, 1.54) is 0 Å². The Morgan fingerprint density at radius 2 is 1.89 bits per heavy atom. The van der Waals surface area contributed by atoms with Crippen LogP contribution in [0.15, 0.2) is 30.3 Å². The summed E-state index contributed by atoms with van der Waals surface area (Å²) < 4.78 is 0. The Balaban J connectivity index is 2.26. The van der Waals surface area contributed by atoms with Crippen LogP contribution in [0.3, 0.4) is 0 Å². The van der Waals surface area contributed by atoms with Crippen LogP contribution in [0.5, 0.6) is 0 Å². The molecule has 0 spiro atoms. The van der Waals surface area contributed by atoms with Crippen molar-refractivity contribution in [3.8, 4) is 0 Å². The van der Waals surface area contributed by atoms with E-state index in [9.17, 15) is 9.59 Å². The van der Waals surface area contributed by atoms with Crippen molar-refractivity contribution in [2.75, 3.05) is 0 Å². The number of amides is 1. The largest absolute Gasteiger partial charge is 0.481 e. The lowest BCUT2D eigenvalue weighted by molar-refractivity contribution is -0.137. The van der Waals surface area contributed by atoms with Gasteiger partial charge in [-0.3, -0.25) is 9.59 Å². The molecule has 4 nitrogen and oxygen atoms in total. The zero-order valence-electron chi connectivity index (χ0n) is 10.6. The summed E-state index contributed by atoms with van der Waals surface area (Å²) in [6, 6.07) is 9.12. The molecular formula is C14H19NO3. The molecule has 0 saturated heterocycles. The molecule has 1 unspecified atom stereocenters. The normalized spacial score (nSPS) is 11.8. The molecule has 0 heterocycles. The Morgan fingerprint density at radius 1 is 1.22 bits per heavy atom. The first-order valence-corrected chi connectivity index (χ1v) is 6.17. The molecule has 4 heteroatoms. The summed E-state index contributed by atoms with van der Waals surface area (Å²) in [6.07, 6.45) is 2.45. The van der Waals surface area contributed by atoms with Crippen molar-refractivity contribution < 1.29 is 14.7 Å². The first kappa shape index (κ1) is 14.2. The SMILES string of the molecule is CC(CCCCC(=O)O)NC(=O)c1ccccc1. The fourth-order valence-electron chi connectivity index (χ4n) is 1.70. The highest BCUT2D eigenvalue weighted by Crippen LogP contribution is 2.05. The van der Waals surface area contributed by atoms with E-state index in [1.807, 2.05) is 25.1 Å². The lowest BCUT2D eigenvalue weighted by Gasteiger charge is -2.13. The van der Waals surface area contributed by atoms with E-state index in [1.54, 1.807) is 12.1 Å². The summed E-state index contributed by atoms with van der Waals surface area (Å²) in [5.41, 5.74) is 0.648. The predicted octanol–water partition coefficient (Wildman–Crippen LogP) is 2.45. The number of carboxylic acid groups (broad SMARTS) is 1. The monoisotopic (exact) mass is 249 g/mol. The molecule has 0 aliphatic carbocycles. The average molecular weight is 249 g/mol. The van der Waals surface area contributed by atoms with Gasteiger partial charge < -0.3 is 10.4 Å². The van der Waals surface area contributed by atoms with Crippen LogP contribution < -0.4 is 5.32 Å². The van der Waals surface area contributed by atoms with Gasteiger partial charge in [0.1, 0.15) is 0 Å². The predicted molar refractivity (Wildman–Crippen MR) is 69.5 cm³/mol. The number of hydrogen-bond acceptors (Lipinski definition) is 2. The Morgan fingerprint density at radius 3 is 2.50 bits per heavy atom. The number of nitrogens with one attached hydrogen (secondary N) is 1. The minimum atomic E-state index is -0.768. The van der Waals surface area contributed by atoms with Crippen molar-refractivity contribution in [3.63, 3.8) is 0 Å². The standard InChI is InChI=1S/C14H19NO3/c1-11(7-5-6-10-13(16)17)15-14(18)12-8-3-2-4-9-12/h2-4,8-9,11H,5-7,10H2,1H3,(H,15,18)(H,16,17). The molecule has 2 N–H and O–H groups in total. The molecule has 1 aromatic carbocycles. The fourth-order valence-corrected chi connectivity index (χ4v) is 1.70. The first-order chi connectivity index (χ1) is 8.59. The Bertz CT molecular complexity index is 389. The highest BCUT2D eigenvalue weighted by atomic mass is 16.4. The number of carboxylic acids is 1. The van der Waals surface area contributed by atoms with Gasteiger partial charge >= 0.3 is 5.97 Å². The second kappa shape index (κ2) is 7.48. The van der Waals surface area contributed by atoms with Crippen molar-refractivity contribution in [2.24, 2.45) is 0 Å². The van der Waals surface area contributed by atoms with Gasteiger partial charge in [-0.15, -0.1) is 0 Å². The first-order valence-electron chi connectivity index (χ1n) is 6.17. The van der Waals surface area contributed by atoms with E-state index in [4.69, 9.17) is 5.11 Å². The second-order valence-corrected chi connectivity index (χ2v) is 4.38. The van der Waals surface area contributed by atoms with Gasteiger partial charge in [-0.2, -0.15) is 0 Å². The third kappa shape index (κ3) is 5.48. The third-order valence-electron chi connectivity index (χ3n) is 2.69. The second-order valence-electron chi connectivity index (χ2n) is 4.38. The topological polar surface area (TPSA) is 66.4 Å². The third-order valence-corrected chi connectivity index (χ3v) is 2.69. The van der Waals surface area contributed by atoms with Gasteiger partial charge in [-0.1, -0.05) is 24.6 Å². The van der Waals surface area contributed by atoms with E-state index in [-0.39, 0.29) is 18.4 Å². The molecule has 1 atom stereocenters. The zero-order valence-corrected chi connectivity index (χ0v) is 10.6. The Kier molecular flexibility index (Phi) is 5.91. The van der Waals surface area contributed by atoms with Crippen molar-refractivity contribution in [2.45, 2.75) is 38.6 Å². The number of aliphatic carboxylic acids is 1. The highest BCUT2D eigenvalue weighted by Gasteiger charge is 2.09. The van der Waals surface area contributed by atoms with Crippen molar-refractivity contribution in [3.05, 3.63) is 35.9 Å². The van der Waals surface area contributed by atoms with E-state index in [0.29, 0.717) is 12.0 Å². The van der Waals surface area contributed by atoms with Gasteiger partial charge in [0.15, 0.2) is 0 Å². The van der Waals surface area contributed by atoms with Crippen LogP contribution in [0, 0.1) is 0 Å². The summed E-state index contributed by atoms with van der Waals surface area (Å²) in [5.74, 6) is -0.850. The van der Waals surface area contributed by atoms with Crippen molar-refractivity contribution in [1.29, 1.82) is 0 Å². The van der Waals surface area contributed by atoms with Gasteiger partial charge in [0, 0.05) is 18.0 Å². The molecule has 1 amide bonds. The maximum absolute atomic E-state index is 11.8. The molecule has 1 aromatic rings. The van der Waals surface area contributed by atoms with Crippen LogP contribution in [0.2, 0.25) is 0 Å². The van der Waals surface area contributed by atoms with Gasteiger partial charge in [-0.25, -0.2) is 0 Å². The van der Waals surface area contributed by atoms with Crippen LogP contribution >= 0.6 is 0 Å². The maximum atomic E-state index is 11.8.